The largest absolute Gasteiger partial charge is 0.311 e. The van der Waals surface area contributed by atoms with E-state index in [1.54, 1.807) is 6.20 Å². The summed E-state index contributed by atoms with van der Waals surface area (Å²) in [7, 11) is 0. The Labute approximate surface area is 112 Å². The van der Waals surface area contributed by atoms with Gasteiger partial charge in [-0.25, -0.2) is 4.68 Å². The molecule has 1 aromatic carbocycles. The van der Waals surface area contributed by atoms with Gasteiger partial charge in [0.05, 0.1) is 30.1 Å². The minimum absolute atomic E-state index is 0.433. The smallest absolute Gasteiger partial charge is 0.0783 e. The van der Waals surface area contributed by atoms with E-state index >= 15 is 0 Å². The summed E-state index contributed by atoms with van der Waals surface area (Å²) in [4.78, 5) is 0. The molecule has 0 fully saturated rings. The van der Waals surface area contributed by atoms with Gasteiger partial charge in [-0.15, -0.1) is 5.10 Å². The van der Waals surface area contributed by atoms with Crippen LogP contribution >= 0.6 is 0 Å². The first-order chi connectivity index (χ1) is 9.35. The zero-order valence-electron chi connectivity index (χ0n) is 11.0. The highest BCUT2D eigenvalue weighted by Crippen LogP contribution is 2.11. The lowest BCUT2D eigenvalue weighted by Crippen LogP contribution is -2.16. The molecule has 5 heteroatoms. The molecule has 0 unspecified atom stereocenters. The summed E-state index contributed by atoms with van der Waals surface area (Å²) in [6, 6.07) is 9.96. The number of hydrogen-bond donors (Lipinski definition) is 1. The fourth-order valence-electron chi connectivity index (χ4n) is 1.83. The Hall–Kier alpha value is -2.19. The van der Waals surface area contributed by atoms with Crippen molar-refractivity contribution in [3.8, 4) is 11.8 Å². The maximum atomic E-state index is 8.65. The van der Waals surface area contributed by atoms with E-state index in [1.165, 1.54) is 0 Å². The summed E-state index contributed by atoms with van der Waals surface area (Å²) in [5.41, 5.74) is 3.01. The van der Waals surface area contributed by atoms with E-state index in [0.717, 1.165) is 36.5 Å². The van der Waals surface area contributed by atoms with E-state index in [-0.39, 0.29) is 0 Å². The second-order valence-corrected chi connectivity index (χ2v) is 4.32. The van der Waals surface area contributed by atoms with Gasteiger partial charge in [0.15, 0.2) is 0 Å². The lowest BCUT2D eigenvalue weighted by molar-refractivity contribution is 0.641. The molecule has 0 aliphatic heterocycles. The van der Waals surface area contributed by atoms with Gasteiger partial charge in [-0.1, -0.05) is 24.3 Å². The monoisotopic (exact) mass is 255 g/mol. The lowest BCUT2D eigenvalue weighted by Gasteiger charge is -2.07. The molecule has 0 atom stereocenters. The van der Waals surface area contributed by atoms with Crippen LogP contribution in [-0.4, -0.2) is 21.5 Å². The molecule has 19 heavy (non-hydrogen) atoms. The standard InChI is InChI=1S/C14H17N5/c1-2-9-16-10-14-11-17-18-19(14)13-5-3-12(4-6-13)7-8-15/h3-6,11,16H,2,7,9-10H2,1H3. The zero-order chi connectivity index (χ0) is 13.5. The number of nitriles is 1. The normalized spacial score (nSPS) is 10.3. The Kier molecular flexibility index (Phi) is 4.65. The number of hydrogen-bond acceptors (Lipinski definition) is 4. The van der Waals surface area contributed by atoms with E-state index in [9.17, 15) is 0 Å². The van der Waals surface area contributed by atoms with Gasteiger partial charge in [0, 0.05) is 6.54 Å². The van der Waals surface area contributed by atoms with Crippen LogP contribution in [0.5, 0.6) is 0 Å². The Morgan fingerprint density at radius 1 is 1.32 bits per heavy atom. The molecule has 0 saturated carbocycles. The predicted molar refractivity (Wildman–Crippen MR) is 72.7 cm³/mol. The van der Waals surface area contributed by atoms with Crippen molar-refractivity contribution in [3.05, 3.63) is 41.7 Å². The number of aromatic nitrogens is 3. The Balaban J connectivity index is 2.13. The molecule has 1 heterocycles. The first-order valence-electron chi connectivity index (χ1n) is 6.41. The molecule has 1 N–H and O–H groups in total. The summed E-state index contributed by atoms with van der Waals surface area (Å²) >= 11 is 0. The van der Waals surface area contributed by atoms with E-state index in [1.807, 2.05) is 28.9 Å². The molecular formula is C14H17N5. The molecule has 5 nitrogen and oxygen atoms in total. The molecule has 2 rings (SSSR count). The minimum Gasteiger partial charge on any atom is -0.311 e. The van der Waals surface area contributed by atoms with Crippen molar-refractivity contribution in [2.45, 2.75) is 26.3 Å². The number of nitrogens with one attached hydrogen (secondary N) is 1. The summed E-state index contributed by atoms with van der Waals surface area (Å²) in [5.74, 6) is 0. The molecule has 0 saturated heterocycles. The topological polar surface area (TPSA) is 66.5 Å². The van der Waals surface area contributed by atoms with Crippen molar-refractivity contribution in [1.29, 1.82) is 5.26 Å². The molecule has 0 radical (unpaired) electrons. The second-order valence-electron chi connectivity index (χ2n) is 4.32. The van der Waals surface area contributed by atoms with Gasteiger partial charge < -0.3 is 5.32 Å². The summed E-state index contributed by atoms with van der Waals surface area (Å²) in [6.07, 6.45) is 3.30. The van der Waals surface area contributed by atoms with Crippen molar-refractivity contribution in [2.75, 3.05) is 6.54 Å². The van der Waals surface area contributed by atoms with Gasteiger partial charge in [0.2, 0.25) is 0 Å². The quantitative estimate of drug-likeness (QED) is 0.800. The van der Waals surface area contributed by atoms with Crippen LogP contribution in [0.25, 0.3) is 5.69 Å². The van der Waals surface area contributed by atoms with Crippen molar-refractivity contribution in [2.24, 2.45) is 0 Å². The van der Waals surface area contributed by atoms with Crippen LogP contribution in [0.2, 0.25) is 0 Å². The predicted octanol–water partition coefficient (Wildman–Crippen LogP) is 1.83. The molecule has 0 aliphatic rings. The Morgan fingerprint density at radius 2 is 2.11 bits per heavy atom. The van der Waals surface area contributed by atoms with E-state index in [2.05, 4.69) is 28.6 Å². The SMILES string of the molecule is CCCNCc1cnnn1-c1ccc(CC#N)cc1. The molecule has 0 bridgehead atoms. The number of nitrogens with zero attached hydrogens (tertiary/aromatic N) is 4. The van der Waals surface area contributed by atoms with Crippen molar-refractivity contribution in [1.82, 2.24) is 20.3 Å². The van der Waals surface area contributed by atoms with Gasteiger partial charge in [-0.2, -0.15) is 5.26 Å². The molecule has 1 aromatic heterocycles. The highest BCUT2D eigenvalue weighted by molar-refractivity contribution is 5.35. The van der Waals surface area contributed by atoms with Crippen LogP contribution in [-0.2, 0) is 13.0 Å². The van der Waals surface area contributed by atoms with Crippen LogP contribution in [0.15, 0.2) is 30.5 Å². The van der Waals surface area contributed by atoms with Crippen LogP contribution in [0.1, 0.15) is 24.6 Å². The average molecular weight is 255 g/mol. The van der Waals surface area contributed by atoms with E-state index < -0.39 is 0 Å². The minimum atomic E-state index is 0.433. The summed E-state index contributed by atoms with van der Waals surface area (Å²) < 4.78 is 1.82. The first kappa shape index (κ1) is 13.2. The molecule has 0 aliphatic carbocycles. The number of benzene rings is 1. The summed E-state index contributed by atoms with van der Waals surface area (Å²) in [5, 5.41) is 20.0. The fraction of sp³-hybridized carbons (Fsp3) is 0.357. The number of rotatable bonds is 6. The van der Waals surface area contributed by atoms with E-state index in [0.29, 0.717) is 6.42 Å². The third-order valence-corrected chi connectivity index (χ3v) is 2.82. The lowest BCUT2D eigenvalue weighted by atomic mass is 10.1. The third-order valence-electron chi connectivity index (χ3n) is 2.82. The van der Waals surface area contributed by atoms with Crippen LogP contribution in [0, 0.1) is 11.3 Å². The van der Waals surface area contributed by atoms with Crippen molar-refractivity contribution < 1.29 is 0 Å². The maximum absolute atomic E-state index is 8.65. The van der Waals surface area contributed by atoms with E-state index in [4.69, 9.17) is 5.26 Å². The Bertz CT molecular complexity index is 550. The average Bonchev–Trinajstić information content (AvgIpc) is 2.89. The van der Waals surface area contributed by atoms with Gasteiger partial charge >= 0.3 is 0 Å². The van der Waals surface area contributed by atoms with Crippen molar-refractivity contribution in [3.63, 3.8) is 0 Å². The van der Waals surface area contributed by atoms with Crippen LogP contribution in [0.3, 0.4) is 0 Å². The van der Waals surface area contributed by atoms with Crippen LogP contribution in [0.4, 0.5) is 0 Å². The molecule has 2 aromatic rings. The Morgan fingerprint density at radius 3 is 2.79 bits per heavy atom. The molecule has 0 spiro atoms. The maximum Gasteiger partial charge on any atom is 0.0783 e. The molecular weight excluding hydrogens is 238 g/mol. The molecule has 98 valence electrons. The van der Waals surface area contributed by atoms with Gasteiger partial charge in [-0.05, 0) is 30.7 Å². The molecule has 0 amide bonds. The van der Waals surface area contributed by atoms with Crippen LogP contribution < -0.4 is 5.32 Å². The second kappa shape index (κ2) is 6.66. The highest BCUT2D eigenvalue weighted by atomic mass is 15.4. The highest BCUT2D eigenvalue weighted by Gasteiger charge is 2.05. The van der Waals surface area contributed by atoms with Crippen molar-refractivity contribution >= 4 is 0 Å². The third kappa shape index (κ3) is 3.39. The van der Waals surface area contributed by atoms with Gasteiger partial charge in [0.1, 0.15) is 0 Å². The van der Waals surface area contributed by atoms with Gasteiger partial charge in [-0.3, -0.25) is 0 Å². The summed E-state index contributed by atoms with van der Waals surface area (Å²) in [6.45, 7) is 3.86. The zero-order valence-corrected chi connectivity index (χ0v) is 11.0. The van der Waals surface area contributed by atoms with Gasteiger partial charge in [0.25, 0.3) is 0 Å². The first-order valence-corrected chi connectivity index (χ1v) is 6.41. The fourth-order valence-corrected chi connectivity index (χ4v) is 1.83.